The van der Waals surface area contributed by atoms with Crippen LogP contribution in [0, 0.1) is 0 Å². The van der Waals surface area contributed by atoms with Crippen LogP contribution in [0.4, 0.5) is 0 Å². The maximum atomic E-state index is 11.8. The van der Waals surface area contributed by atoms with Crippen LogP contribution in [0.5, 0.6) is 5.75 Å². The Morgan fingerprint density at radius 1 is 0.650 bits per heavy atom. The summed E-state index contributed by atoms with van der Waals surface area (Å²) in [5.41, 5.74) is 0. The summed E-state index contributed by atoms with van der Waals surface area (Å²) in [5.74, 6) is 0.577. The highest BCUT2D eigenvalue weighted by Gasteiger charge is 2.36. The third-order valence-corrected chi connectivity index (χ3v) is 8.33. The predicted molar refractivity (Wildman–Crippen MR) is 151 cm³/mol. The zero-order valence-corrected chi connectivity index (χ0v) is 25.4. The van der Waals surface area contributed by atoms with E-state index >= 15 is 0 Å². The molecule has 0 radical (unpaired) electrons. The Balaban J connectivity index is 1.74. The monoisotopic (exact) mass is 591 g/mol. The van der Waals surface area contributed by atoms with Gasteiger partial charge in [0.05, 0.1) is 72.5 Å². The highest BCUT2D eigenvalue weighted by atomic mass is 28.4. The minimum atomic E-state index is -2.53. The van der Waals surface area contributed by atoms with Gasteiger partial charge in [-0.3, -0.25) is 4.79 Å². The second-order valence-electron chi connectivity index (χ2n) is 8.34. The number of para-hydroxylation sites is 1. The van der Waals surface area contributed by atoms with Crippen LogP contribution < -0.4 is 10.1 Å². The summed E-state index contributed by atoms with van der Waals surface area (Å²) in [7, 11) is 2.26. The van der Waals surface area contributed by atoms with Crippen LogP contribution >= 0.6 is 0 Å². The summed E-state index contributed by atoms with van der Waals surface area (Å²) in [4.78, 5) is 11.8. The molecular formula is C27H49NO11Si. The molecule has 0 aliphatic carbocycles. The van der Waals surface area contributed by atoms with Gasteiger partial charge in [-0.15, -0.1) is 0 Å². The number of esters is 1. The Morgan fingerprint density at radius 2 is 1.12 bits per heavy atom. The van der Waals surface area contributed by atoms with Gasteiger partial charge in [0.15, 0.2) is 0 Å². The van der Waals surface area contributed by atoms with Crippen LogP contribution in [-0.4, -0.2) is 128 Å². The van der Waals surface area contributed by atoms with Gasteiger partial charge >= 0.3 is 14.8 Å². The van der Waals surface area contributed by atoms with Crippen molar-refractivity contribution in [3.05, 3.63) is 30.3 Å². The van der Waals surface area contributed by atoms with E-state index in [1.54, 1.807) is 21.3 Å². The third kappa shape index (κ3) is 20.3. The standard InChI is InChI=1S/C27H49NO11Si/c1-30-40(31-2,32-3)25-7-11-28-12-10-27(29)39-24-22-37-20-18-35-16-14-33-13-15-34-17-19-36-21-23-38-26-8-5-4-6-9-26/h4-6,8-9,28H,7,10-25H2,1-3H3. The second kappa shape index (κ2) is 26.3. The molecule has 0 amide bonds. The molecule has 0 aliphatic heterocycles. The molecule has 1 aromatic rings. The third-order valence-electron chi connectivity index (χ3n) is 5.49. The minimum absolute atomic E-state index is 0.220. The van der Waals surface area contributed by atoms with Crippen LogP contribution in [0.15, 0.2) is 30.3 Å². The van der Waals surface area contributed by atoms with Crippen molar-refractivity contribution < 1.29 is 51.2 Å². The molecule has 0 aromatic heterocycles. The fraction of sp³-hybridized carbons (Fsp3) is 0.741. The maximum Gasteiger partial charge on any atom is 0.500 e. The Hall–Kier alpha value is -1.65. The number of benzene rings is 1. The van der Waals surface area contributed by atoms with E-state index in [4.69, 9.17) is 46.4 Å². The molecule has 0 saturated heterocycles. The van der Waals surface area contributed by atoms with Crippen molar-refractivity contribution >= 4 is 14.8 Å². The lowest BCUT2D eigenvalue weighted by molar-refractivity contribution is -0.145. The number of hydrogen-bond donors (Lipinski definition) is 1. The average molecular weight is 592 g/mol. The quantitative estimate of drug-likeness (QED) is 0.0833. The van der Waals surface area contributed by atoms with E-state index in [1.807, 2.05) is 30.3 Å². The van der Waals surface area contributed by atoms with E-state index in [2.05, 4.69) is 5.32 Å². The Labute approximate surface area is 240 Å². The molecule has 232 valence electrons. The largest absolute Gasteiger partial charge is 0.500 e. The maximum absolute atomic E-state index is 11.8. The number of carbonyl (C=O) groups is 1. The van der Waals surface area contributed by atoms with Crippen LogP contribution in [0.2, 0.25) is 6.04 Å². The SMILES string of the molecule is CO[Si](CCCNCCC(=O)OCCOCCOCCOCCOCCOCCOc1ccccc1)(OC)OC. The molecule has 40 heavy (non-hydrogen) atoms. The smallest absolute Gasteiger partial charge is 0.491 e. The molecule has 0 atom stereocenters. The van der Waals surface area contributed by atoms with Crippen molar-refractivity contribution in [2.75, 3.05) is 114 Å². The van der Waals surface area contributed by atoms with Crippen molar-refractivity contribution in [3.8, 4) is 5.75 Å². The minimum Gasteiger partial charge on any atom is -0.491 e. The lowest BCUT2D eigenvalue weighted by Crippen LogP contribution is -2.43. The summed E-state index contributed by atoms with van der Waals surface area (Å²) >= 11 is 0. The second-order valence-corrected chi connectivity index (χ2v) is 11.4. The van der Waals surface area contributed by atoms with E-state index in [9.17, 15) is 4.79 Å². The first-order valence-electron chi connectivity index (χ1n) is 13.7. The topological polar surface area (TPSA) is 121 Å². The summed E-state index contributed by atoms with van der Waals surface area (Å²) in [6, 6.07) is 10.3. The molecular weight excluding hydrogens is 542 g/mol. The van der Waals surface area contributed by atoms with Crippen molar-refractivity contribution in [1.82, 2.24) is 5.32 Å². The number of rotatable bonds is 29. The molecule has 12 nitrogen and oxygen atoms in total. The first kappa shape index (κ1) is 36.4. The molecule has 0 spiro atoms. The molecule has 0 saturated carbocycles. The van der Waals surface area contributed by atoms with Gasteiger partial charge in [0.25, 0.3) is 0 Å². The first-order valence-corrected chi connectivity index (χ1v) is 15.7. The predicted octanol–water partition coefficient (Wildman–Crippen LogP) is 1.94. The van der Waals surface area contributed by atoms with Crippen molar-refractivity contribution in [1.29, 1.82) is 0 Å². The summed E-state index contributed by atoms with van der Waals surface area (Å²) < 4.78 is 54.0. The number of carbonyl (C=O) groups excluding carboxylic acids is 1. The van der Waals surface area contributed by atoms with E-state index in [0.717, 1.165) is 18.7 Å². The van der Waals surface area contributed by atoms with Crippen LogP contribution in [0.1, 0.15) is 12.8 Å². The first-order chi connectivity index (χ1) is 19.7. The zero-order valence-electron chi connectivity index (χ0n) is 24.4. The molecule has 13 heteroatoms. The normalized spacial score (nSPS) is 11.6. The van der Waals surface area contributed by atoms with E-state index < -0.39 is 8.80 Å². The highest BCUT2D eigenvalue weighted by molar-refractivity contribution is 6.60. The van der Waals surface area contributed by atoms with Crippen LogP contribution in [-0.2, 0) is 46.5 Å². The van der Waals surface area contributed by atoms with E-state index in [1.165, 1.54) is 0 Å². The van der Waals surface area contributed by atoms with Gasteiger partial charge in [-0.25, -0.2) is 0 Å². The summed E-state index contributed by atoms with van der Waals surface area (Å²) in [6.45, 7) is 6.71. The average Bonchev–Trinajstić information content (AvgIpc) is 2.99. The van der Waals surface area contributed by atoms with Gasteiger partial charge < -0.3 is 51.8 Å². The molecule has 0 unspecified atom stereocenters. The van der Waals surface area contributed by atoms with Crippen molar-refractivity contribution in [2.24, 2.45) is 0 Å². The van der Waals surface area contributed by atoms with Crippen LogP contribution in [0.3, 0.4) is 0 Å². The molecule has 0 fully saturated rings. The lowest BCUT2D eigenvalue weighted by atomic mass is 10.3. The Bertz CT molecular complexity index is 690. The van der Waals surface area contributed by atoms with Gasteiger partial charge in [-0.1, -0.05) is 18.2 Å². The zero-order chi connectivity index (χ0) is 29.0. The lowest BCUT2D eigenvalue weighted by Gasteiger charge is -2.24. The molecule has 0 bridgehead atoms. The summed E-state index contributed by atoms with van der Waals surface area (Å²) in [5, 5.41) is 3.21. The highest BCUT2D eigenvalue weighted by Crippen LogP contribution is 2.14. The van der Waals surface area contributed by atoms with Crippen molar-refractivity contribution in [3.63, 3.8) is 0 Å². The van der Waals surface area contributed by atoms with Gasteiger partial charge in [0, 0.05) is 33.9 Å². The van der Waals surface area contributed by atoms with Gasteiger partial charge in [0.1, 0.15) is 19.0 Å². The number of ether oxygens (including phenoxy) is 7. The number of nitrogens with one attached hydrogen (secondary N) is 1. The Kier molecular flexibility index (Phi) is 23.9. The van der Waals surface area contributed by atoms with Crippen LogP contribution in [0.25, 0.3) is 0 Å². The fourth-order valence-electron chi connectivity index (χ4n) is 3.31. The van der Waals surface area contributed by atoms with Crippen molar-refractivity contribution in [2.45, 2.75) is 18.9 Å². The molecule has 0 aliphatic rings. The number of hydrogen-bond acceptors (Lipinski definition) is 12. The molecule has 1 N–H and O–H groups in total. The van der Waals surface area contributed by atoms with Gasteiger partial charge in [-0.05, 0) is 25.1 Å². The van der Waals surface area contributed by atoms with Gasteiger partial charge in [-0.2, -0.15) is 0 Å². The van der Waals surface area contributed by atoms with Gasteiger partial charge in [0.2, 0.25) is 0 Å². The van der Waals surface area contributed by atoms with E-state index in [0.29, 0.717) is 91.7 Å². The molecule has 0 heterocycles. The molecule has 1 aromatic carbocycles. The van der Waals surface area contributed by atoms with E-state index in [-0.39, 0.29) is 12.6 Å². The fourth-order valence-corrected chi connectivity index (χ4v) is 5.03. The molecule has 1 rings (SSSR count). The Morgan fingerprint density at radius 3 is 1.62 bits per heavy atom. The summed E-state index contributed by atoms with van der Waals surface area (Å²) in [6.07, 6.45) is 1.13.